The van der Waals surface area contributed by atoms with Gasteiger partial charge < -0.3 is 10.4 Å². The summed E-state index contributed by atoms with van der Waals surface area (Å²) in [5, 5.41) is 13.1. The minimum atomic E-state index is -1.58. The first kappa shape index (κ1) is 14.5. The van der Waals surface area contributed by atoms with Crippen molar-refractivity contribution in [1.82, 2.24) is 5.32 Å². The molecular formula is C12H16BrF2NO. The minimum Gasteiger partial charge on any atom is -0.384 e. The van der Waals surface area contributed by atoms with E-state index in [2.05, 4.69) is 21.2 Å². The summed E-state index contributed by atoms with van der Waals surface area (Å²) < 4.78 is 27.5. The Labute approximate surface area is 108 Å². The van der Waals surface area contributed by atoms with Gasteiger partial charge in [-0.25, -0.2) is 8.78 Å². The summed E-state index contributed by atoms with van der Waals surface area (Å²) in [6.07, 6.45) is 0.888. The number of benzene rings is 1. The standard InChI is InChI=1S/C12H16BrF2NO/c1-3-6-16-7-12(2,17)10-9(14)5-4-8(13)11(10)15/h4-5,16-17H,3,6-7H2,1-2H3. The van der Waals surface area contributed by atoms with E-state index in [0.29, 0.717) is 6.54 Å². The largest absolute Gasteiger partial charge is 0.384 e. The van der Waals surface area contributed by atoms with E-state index in [9.17, 15) is 13.9 Å². The molecule has 0 radical (unpaired) electrons. The van der Waals surface area contributed by atoms with Crippen LogP contribution in [-0.2, 0) is 5.60 Å². The Kier molecular flexibility index (Phi) is 5.04. The van der Waals surface area contributed by atoms with Crippen LogP contribution in [0.2, 0.25) is 0 Å². The summed E-state index contributed by atoms with van der Waals surface area (Å²) in [6, 6.07) is 2.42. The van der Waals surface area contributed by atoms with Crippen LogP contribution in [0.5, 0.6) is 0 Å². The molecule has 0 saturated heterocycles. The quantitative estimate of drug-likeness (QED) is 0.647. The Morgan fingerprint density at radius 1 is 1.41 bits per heavy atom. The van der Waals surface area contributed by atoms with Crippen molar-refractivity contribution >= 4 is 15.9 Å². The van der Waals surface area contributed by atoms with E-state index in [4.69, 9.17) is 0 Å². The van der Waals surface area contributed by atoms with Crippen molar-refractivity contribution in [3.63, 3.8) is 0 Å². The van der Waals surface area contributed by atoms with Crippen molar-refractivity contribution in [1.29, 1.82) is 0 Å². The Morgan fingerprint density at radius 3 is 2.65 bits per heavy atom. The second-order valence-electron chi connectivity index (χ2n) is 4.17. The lowest BCUT2D eigenvalue weighted by atomic mass is 9.94. The number of nitrogens with one attached hydrogen (secondary N) is 1. The van der Waals surface area contributed by atoms with Gasteiger partial charge >= 0.3 is 0 Å². The molecule has 5 heteroatoms. The van der Waals surface area contributed by atoms with Crippen molar-refractivity contribution in [2.24, 2.45) is 0 Å². The molecule has 96 valence electrons. The topological polar surface area (TPSA) is 32.3 Å². The maximum Gasteiger partial charge on any atom is 0.146 e. The van der Waals surface area contributed by atoms with Crippen LogP contribution in [0, 0.1) is 11.6 Å². The monoisotopic (exact) mass is 307 g/mol. The first-order chi connectivity index (χ1) is 7.90. The predicted octanol–water partition coefficient (Wildman–Crippen LogP) is 2.93. The second-order valence-corrected chi connectivity index (χ2v) is 5.02. The minimum absolute atomic E-state index is 0.102. The average molecular weight is 308 g/mol. The highest BCUT2D eigenvalue weighted by Crippen LogP contribution is 2.30. The van der Waals surface area contributed by atoms with Gasteiger partial charge in [0, 0.05) is 6.54 Å². The molecule has 1 atom stereocenters. The zero-order valence-electron chi connectivity index (χ0n) is 9.86. The first-order valence-electron chi connectivity index (χ1n) is 5.47. The third-order valence-corrected chi connectivity index (χ3v) is 3.09. The van der Waals surface area contributed by atoms with Gasteiger partial charge in [0.1, 0.15) is 17.2 Å². The Morgan fingerprint density at radius 2 is 2.06 bits per heavy atom. The molecule has 17 heavy (non-hydrogen) atoms. The zero-order valence-corrected chi connectivity index (χ0v) is 11.4. The lowest BCUT2D eigenvalue weighted by Crippen LogP contribution is -2.37. The Hall–Kier alpha value is -0.520. The van der Waals surface area contributed by atoms with E-state index < -0.39 is 17.2 Å². The maximum atomic E-state index is 13.8. The third-order valence-electron chi connectivity index (χ3n) is 2.48. The Balaban J connectivity index is 3.01. The molecule has 0 aliphatic carbocycles. The molecule has 1 aromatic rings. The molecule has 1 aromatic carbocycles. The third kappa shape index (κ3) is 3.47. The van der Waals surface area contributed by atoms with Gasteiger partial charge in [0.05, 0.1) is 10.0 Å². The van der Waals surface area contributed by atoms with E-state index in [1.54, 1.807) is 0 Å². The van der Waals surface area contributed by atoms with E-state index >= 15 is 0 Å². The SMILES string of the molecule is CCCNCC(C)(O)c1c(F)ccc(Br)c1F. The summed E-state index contributed by atoms with van der Waals surface area (Å²) in [4.78, 5) is 0. The van der Waals surface area contributed by atoms with E-state index in [1.807, 2.05) is 6.92 Å². The van der Waals surface area contributed by atoms with E-state index in [1.165, 1.54) is 13.0 Å². The molecule has 0 spiro atoms. The van der Waals surface area contributed by atoms with Gasteiger partial charge in [-0.1, -0.05) is 6.92 Å². The molecule has 0 aromatic heterocycles. The fourth-order valence-electron chi connectivity index (χ4n) is 1.62. The summed E-state index contributed by atoms with van der Waals surface area (Å²) in [7, 11) is 0. The molecule has 0 amide bonds. The number of aliphatic hydroxyl groups is 1. The van der Waals surface area contributed by atoms with Gasteiger partial charge in [0.2, 0.25) is 0 Å². The van der Waals surface area contributed by atoms with Crippen LogP contribution in [0.25, 0.3) is 0 Å². The fourth-order valence-corrected chi connectivity index (χ4v) is 1.95. The van der Waals surface area contributed by atoms with Crippen molar-refractivity contribution < 1.29 is 13.9 Å². The van der Waals surface area contributed by atoms with Gasteiger partial charge in [-0.3, -0.25) is 0 Å². The van der Waals surface area contributed by atoms with E-state index in [-0.39, 0.29) is 16.6 Å². The van der Waals surface area contributed by atoms with Crippen LogP contribution in [0.3, 0.4) is 0 Å². The number of hydrogen-bond donors (Lipinski definition) is 2. The van der Waals surface area contributed by atoms with Crippen LogP contribution < -0.4 is 5.32 Å². The van der Waals surface area contributed by atoms with Crippen LogP contribution in [0.4, 0.5) is 8.78 Å². The van der Waals surface area contributed by atoms with Gasteiger partial charge in [0.25, 0.3) is 0 Å². The van der Waals surface area contributed by atoms with Gasteiger partial charge in [-0.05, 0) is 48.0 Å². The fraction of sp³-hybridized carbons (Fsp3) is 0.500. The summed E-state index contributed by atoms with van der Waals surface area (Å²) in [6.45, 7) is 4.16. The van der Waals surface area contributed by atoms with Crippen molar-refractivity contribution in [2.75, 3.05) is 13.1 Å². The molecule has 2 N–H and O–H groups in total. The molecule has 0 bridgehead atoms. The normalized spacial score (nSPS) is 14.7. The number of hydrogen-bond acceptors (Lipinski definition) is 2. The molecule has 0 aliphatic rings. The lowest BCUT2D eigenvalue weighted by molar-refractivity contribution is 0.0494. The smallest absolute Gasteiger partial charge is 0.146 e. The van der Waals surface area contributed by atoms with Crippen molar-refractivity contribution in [3.05, 3.63) is 33.8 Å². The summed E-state index contributed by atoms with van der Waals surface area (Å²) >= 11 is 2.98. The molecule has 0 aliphatic heterocycles. The molecular weight excluding hydrogens is 292 g/mol. The molecule has 0 fully saturated rings. The highest BCUT2D eigenvalue weighted by molar-refractivity contribution is 9.10. The van der Waals surface area contributed by atoms with Gasteiger partial charge in [-0.2, -0.15) is 0 Å². The lowest BCUT2D eigenvalue weighted by Gasteiger charge is -2.25. The van der Waals surface area contributed by atoms with E-state index in [0.717, 1.165) is 12.5 Å². The molecule has 1 unspecified atom stereocenters. The van der Waals surface area contributed by atoms with Crippen LogP contribution in [-0.4, -0.2) is 18.2 Å². The molecule has 0 saturated carbocycles. The van der Waals surface area contributed by atoms with Crippen LogP contribution in [0.15, 0.2) is 16.6 Å². The number of rotatable bonds is 5. The highest BCUT2D eigenvalue weighted by Gasteiger charge is 2.30. The van der Waals surface area contributed by atoms with Crippen molar-refractivity contribution in [3.8, 4) is 0 Å². The van der Waals surface area contributed by atoms with Crippen molar-refractivity contribution in [2.45, 2.75) is 25.9 Å². The highest BCUT2D eigenvalue weighted by atomic mass is 79.9. The molecule has 0 heterocycles. The summed E-state index contributed by atoms with van der Waals surface area (Å²) in [5.74, 6) is -1.50. The van der Waals surface area contributed by atoms with Crippen LogP contribution >= 0.6 is 15.9 Å². The first-order valence-corrected chi connectivity index (χ1v) is 6.26. The summed E-state index contributed by atoms with van der Waals surface area (Å²) in [5.41, 5.74) is -1.89. The average Bonchev–Trinajstić information content (AvgIpc) is 2.24. The zero-order chi connectivity index (χ0) is 13.1. The van der Waals surface area contributed by atoms with Gasteiger partial charge in [0.15, 0.2) is 0 Å². The van der Waals surface area contributed by atoms with Gasteiger partial charge in [-0.15, -0.1) is 0 Å². The van der Waals surface area contributed by atoms with Crippen LogP contribution in [0.1, 0.15) is 25.8 Å². The molecule has 2 nitrogen and oxygen atoms in total. The second kappa shape index (κ2) is 5.89. The maximum absolute atomic E-state index is 13.8. The molecule has 1 rings (SSSR count). The Bertz CT molecular complexity index is 396. The number of halogens is 3. The predicted molar refractivity (Wildman–Crippen MR) is 66.8 cm³/mol.